The summed E-state index contributed by atoms with van der Waals surface area (Å²) < 4.78 is 0.652. The van der Waals surface area contributed by atoms with E-state index in [4.69, 9.17) is 12.2 Å². The van der Waals surface area contributed by atoms with Gasteiger partial charge in [0.1, 0.15) is 14.3 Å². The van der Waals surface area contributed by atoms with Crippen LogP contribution < -0.4 is 4.90 Å². The standard InChI is InChI=1S/C15H16N2OS4/c1-3-16-10-7-9(8-19)5-6-11(10)21-14(16)12-13(18)17(4-2)15(20)22-12/h5-7,19H,3-4,8H2,1-2H3/b14-12+. The third-order valence-corrected chi connectivity index (χ3v) is 6.74. The number of rotatable bonds is 3. The van der Waals surface area contributed by atoms with Crippen LogP contribution in [0.3, 0.4) is 0 Å². The van der Waals surface area contributed by atoms with Crippen molar-refractivity contribution in [2.75, 3.05) is 18.0 Å². The van der Waals surface area contributed by atoms with Gasteiger partial charge in [-0.15, -0.1) is 0 Å². The van der Waals surface area contributed by atoms with Gasteiger partial charge in [0.25, 0.3) is 5.91 Å². The number of benzene rings is 1. The molecule has 3 nitrogen and oxygen atoms in total. The van der Waals surface area contributed by atoms with Gasteiger partial charge in [-0.1, -0.05) is 41.8 Å². The molecular weight excluding hydrogens is 352 g/mol. The molecule has 1 aromatic carbocycles. The lowest BCUT2D eigenvalue weighted by Gasteiger charge is -2.19. The maximum atomic E-state index is 12.6. The fourth-order valence-electron chi connectivity index (χ4n) is 2.51. The molecule has 0 N–H and O–H groups in total. The number of hydrogen-bond acceptors (Lipinski definition) is 6. The van der Waals surface area contributed by atoms with Crippen LogP contribution in [0.1, 0.15) is 19.4 Å². The predicted octanol–water partition coefficient (Wildman–Crippen LogP) is 4.10. The highest BCUT2D eigenvalue weighted by Gasteiger charge is 2.38. The van der Waals surface area contributed by atoms with Crippen molar-refractivity contribution in [2.45, 2.75) is 24.5 Å². The summed E-state index contributed by atoms with van der Waals surface area (Å²) in [6, 6.07) is 6.36. The third kappa shape index (κ3) is 2.58. The Morgan fingerprint density at radius 2 is 1.91 bits per heavy atom. The summed E-state index contributed by atoms with van der Waals surface area (Å²) >= 11 is 12.7. The van der Waals surface area contributed by atoms with Crippen molar-refractivity contribution >= 4 is 64.3 Å². The molecule has 1 saturated heterocycles. The zero-order chi connectivity index (χ0) is 15.9. The zero-order valence-corrected chi connectivity index (χ0v) is 15.7. The van der Waals surface area contributed by atoms with Crippen LogP contribution in [-0.4, -0.2) is 28.2 Å². The SMILES string of the molecule is CCN1C(=O)/C(=C2\Sc3ccc(CS)cc3N2CC)SC1=S. The molecular formula is C15H16N2OS4. The second kappa shape index (κ2) is 6.47. The van der Waals surface area contributed by atoms with Crippen LogP contribution in [0, 0.1) is 0 Å². The van der Waals surface area contributed by atoms with E-state index in [1.807, 2.05) is 6.92 Å². The normalized spacial score (nSPS) is 21.0. The number of thiocarbonyl (C=S) groups is 1. The Balaban J connectivity index is 2.05. The molecule has 2 aliphatic rings. The molecule has 1 aromatic rings. The summed E-state index contributed by atoms with van der Waals surface area (Å²) in [7, 11) is 0. The summed E-state index contributed by atoms with van der Waals surface area (Å²) in [5.41, 5.74) is 2.35. The number of thiol groups is 1. The molecule has 0 aliphatic carbocycles. The minimum Gasteiger partial charge on any atom is -0.334 e. The largest absolute Gasteiger partial charge is 0.334 e. The molecule has 3 rings (SSSR count). The van der Waals surface area contributed by atoms with Gasteiger partial charge in [-0.3, -0.25) is 9.69 Å². The topological polar surface area (TPSA) is 23.6 Å². The molecule has 2 heterocycles. The Morgan fingerprint density at radius 1 is 1.18 bits per heavy atom. The maximum absolute atomic E-state index is 12.6. The summed E-state index contributed by atoms with van der Waals surface area (Å²) in [4.78, 5) is 18.4. The Morgan fingerprint density at radius 3 is 2.50 bits per heavy atom. The van der Waals surface area contributed by atoms with E-state index in [9.17, 15) is 4.79 Å². The van der Waals surface area contributed by atoms with Crippen LogP contribution in [0.25, 0.3) is 0 Å². The van der Waals surface area contributed by atoms with E-state index < -0.39 is 0 Å². The van der Waals surface area contributed by atoms with Crippen molar-refractivity contribution in [1.82, 2.24) is 4.90 Å². The van der Waals surface area contributed by atoms with Gasteiger partial charge >= 0.3 is 0 Å². The molecule has 116 valence electrons. The number of carbonyl (C=O) groups excluding carboxylic acids is 1. The average molecular weight is 369 g/mol. The number of fused-ring (bicyclic) bond motifs is 1. The van der Waals surface area contributed by atoms with Gasteiger partial charge in [0.05, 0.1) is 5.69 Å². The van der Waals surface area contributed by atoms with Crippen LogP contribution in [0.4, 0.5) is 5.69 Å². The summed E-state index contributed by atoms with van der Waals surface area (Å²) in [6.45, 7) is 5.49. The maximum Gasteiger partial charge on any atom is 0.268 e. The van der Waals surface area contributed by atoms with Crippen molar-refractivity contribution in [3.8, 4) is 0 Å². The minimum atomic E-state index is 0.0284. The number of thioether (sulfide) groups is 2. The van der Waals surface area contributed by atoms with Crippen LogP contribution in [0.2, 0.25) is 0 Å². The van der Waals surface area contributed by atoms with Crippen molar-refractivity contribution in [1.29, 1.82) is 0 Å². The number of amides is 1. The lowest BCUT2D eigenvalue weighted by Crippen LogP contribution is -2.28. The highest BCUT2D eigenvalue weighted by atomic mass is 32.2. The lowest BCUT2D eigenvalue weighted by atomic mass is 10.2. The molecule has 7 heteroatoms. The quantitative estimate of drug-likeness (QED) is 0.492. The van der Waals surface area contributed by atoms with Crippen molar-refractivity contribution in [3.63, 3.8) is 0 Å². The Hall–Kier alpha value is -0.630. The van der Waals surface area contributed by atoms with Gasteiger partial charge in [0.2, 0.25) is 0 Å². The second-order valence-corrected chi connectivity index (χ2v) is 7.85. The fourth-order valence-corrected chi connectivity index (χ4v) is 5.45. The highest BCUT2D eigenvalue weighted by molar-refractivity contribution is 8.27. The Labute approximate surface area is 149 Å². The summed E-state index contributed by atoms with van der Waals surface area (Å²) in [5.74, 6) is 0.739. The van der Waals surface area contributed by atoms with Crippen molar-refractivity contribution in [3.05, 3.63) is 33.7 Å². The molecule has 0 spiro atoms. The minimum absolute atomic E-state index is 0.0284. The smallest absolute Gasteiger partial charge is 0.268 e. The fraction of sp³-hybridized carbons (Fsp3) is 0.333. The second-order valence-electron chi connectivity index (χ2n) is 4.86. The first kappa shape index (κ1) is 16.2. The average Bonchev–Trinajstić information content (AvgIpc) is 3.03. The van der Waals surface area contributed by atoms with Crippen LogP contribution in [-0.2, 0) is 10.5 Å². The zero-order valence-electron chi connectivity index (χ0n) is 12.3. The van der Waals surface area contributed by atoms with Gasteiger partial charge in [-0.05, 0) is 31.5 Å². The molecule has 1 fully saturated rings. The molecule has 0 saturated carbocycles. The van der Waals surface area contributed by atoms with Crippen LogP contribution >= 0.6 is 48.4 Å². The van der Waals surface area contributed by atoms with Crippen LogP contribution in [0.15, 0.2) is 33.0 Å². The Kier molecular flexibility index (Phi) is 4.77. The number of anilines is 1. The van der Waals surface area contributed by atoms with E-state index in [1.54, 1.807) is 16.7 Å². The molecule has 2 aliphatic heterocycles. The van der Waals surface area contributed by atoms with Gasteiger partial charge in [0.15, 0.2) is 0 Å². The monoisotopic (exact) mass is 368 g/mol. The predicted molar refractivity (Wildman–Crippen MR) is 103 cm³/mol. The van der Waals surface area contributed by atoms with E-state index in [1.165, 1.54) is 22.2 Å². The van der Waals surface area contributed by atoms with Crippen molar-refractivity contribution in [2.24, 2.45) is 0 Å². The molecule has 0 radical (unpaired) electrons. The van der Waals surface area contributed by atoms with Crippen LogP contribution in [0.5, 0.6) is 0 Å². The molecule has 0 atom stereocenters. The highest BCUT2D eigenvalue weighted by Crippen LogP contribution is 2.50. The number of likely N-dealkylation sites (N-methyl/N-ethyl adjacent to an activating group) is 1. The van der Waals surface area contributed by atoms with Gasteiger partial charge in [-0.2, -0.15) is 12.6 Å². The first-order valence-corrected chi connectivity index (χ1v) is 9.75. The van der Waals surface area contributed by atoms with E-state index in [0.717, 1.165) is 22.2 Å². The number of carbonyl (C=O) groups is 1. The first-order chi connectivity index (χ1) is 10.6. The molecule has 1 amide bonds. The lowest BCUT2D eigenvalue weighted by molar-refractivity contribution is -0.122. The van der Waals surface area contributed by atoms with E-state index in [0.29, 0.717) is 16.6 Å². The Bertz CT molecular complexity index is 686. The van der Waals surface area contributed by atoms with Crippen molar-refractivity contribution < 1.29 is 4.79 Å². The molecule has 22 heavy (non-hydrogen) atoms. The van der Waals surface area contributed by atoms with Gasteiger partial charge in [0, 0.05) is 23.7 Å². The van der Waals surface area contributed by atoms with Gasteiger partial charge < -0.3 is 4.90 Å². The number of hydrogen-bond donors (Lipinski definition) is 1. The molecule has 0 aromatic heterocycles. The molecule has 0 unspecified atom stereocenters. The molecule has 0 bridgehead atoms. The van der Waals surface area contributed by atoms with E-state index in [2.05, 4.69) is 42.7 Å². The van der Waals surface area contributed by atoms with E-state index >= 15 is 0 Å². The summed E-state index contributed by atoms with van der Waals surface area (Å²) in [5, 5.41) is 1.00. The number of nitrogens with zero attached hydrogens (tertiary/aromatic N) is 2. The third-order valence-electron chi connectivity index (χ3n) is 3.62. The summed E-state index contributed by atoms with van der Waals surface area (Å²) in [6.07, 6.45) is 0. The van der Waals surface area contributed by atoms with Gasteiger partial charge in [-0.25, -0.2) is 0 Å². The first-order valence-electron chi connectivity index (χ1n) is 7.07. The van der Waals surface area contributed by atoms with E-state index in [-0.39, 0.29) is 5.91 Å².